The van der Waals surface area contributed by atoms with Crippen LogP contribution in [0.4, 0.5) is 0 Å². The maximum atomic E-state index is 13.2. The molecule has 8 nitrogen and oxygen atoms in total. The molecule has 2 aromatic carbocycles. The van der Waals surface area contributed by atoms with E-state index in [4.69, 9.17) is 9.47 Å². The molecule has 1 atom stereocenters. The third-order valence-electron chi connectivity index (χ3n) is 6.93. The van der Waals surface area contributed by atoms with Crippen LogP contribution in [0.15, 0.2) is 24.3 Å². The minimum absolute atomic E-state index is 0.0637. The first-order valence-corrected chi connectivity index (χ1v) is 10.5. The van der Waals surface area contributed by atoms with Gasteiger partial charge in [0.25, 0.3) is 0 Å². The van der Waals surface area contributed by atoms with Crippen LogP contribution < -0.4 is 5.32 Å². The summed E-state index contributed by atoms with van der Waals surface area (Å²) in [5.74, 6) is -3.12. The predicted molar refractivity (Wildman–Crippen MR) is 112 cm³/mol. The van der Waals surface area contributed by atoms with E-state index in [2.05, 4.69) is 5.32 Å². The molecule has 1 saturated heterocycles. The monoisotopic (exact) mass is 437 g/mol. The first-order chi connectivity index (χ1) is 15.2. The Morgan fingerprint density at radius 3 is 2.03 bits per heavy atom. The fourth-order valence-corrected chi connectivity index (χ4v) is 5.34. The lowest BCUT2D eigenvalue weighted by molar-refractivity contribution is -0.205. The van der Waals surface area contributed by atoms with E-state index in [1.807, 2.05) is 0 Å². The lowest BCUT2D eigenvalue weighted by Crippen LogP contribution is -2.66. The van der Waals surface area contributed by atoms with Crippen LogP contribution in [0.3, 0.4) is 0 Å². The molecule has 32 heavy (non-hydrogen) atoms. The first-order valence-electron chi connectivity index (χ1n) is 10.5. The van der Waals surface area contributed by atoms with Crippen molar-refractivity contribution < 1.29 is 34.1 Å². The van der Waals surface area contributed by atoms with E-state index in [1.165, 1.54) is 19.1 Å². The van der Waals surface area contributed by atoms with Crippen molar-refractivity contribution in [3.8, 4) is 11.5 Å². The van der Waals surface area contributed by atoms with Crippen LogP contribution in [-0.2, 0) is 27.1 Å². The fraction of sp³-hybridized carbons (Fsp3) is 0.375. The van der Waals surface area contributed by atoms with Gasteiger partial charge in [-0.05, 0) is 19.8 Å². The smallest absolute Gasteiger partial charge is 0.217 e. The Morgan fingerprint density at radius 1 is 0.969 bits per heavy atom. The van der Waals surface area contributed by atoms with Gasteiger partial charge in [-0.15, -0.1) is 0 Å². The molecule has 5 rings (SSSR count). The summed E-state index contributed by atoms with van der Waals surface area (Å²) in [5, 5.41) is 25.2. The van der Waals surface area contributed by atoms with Crippen molar-refractivity contribution >= 4 is 17.5 Å². The number of nitrogens with one attached hydrogen (secondary N) is 1. The van der Waals surface area contributed by atoms with E-state index in [0.29, 0.717) is 30.8 Å². The van der Waals surface area contributed by atoms with Crippen molar-refractivity contribution in [2.75, 3.05) is 13.2 Å². The second-order valence-electron chi connectivity index (χ2n) is 8.69. The maximum absolute atomic E-state index is 13.2. The summed E-state index contributed by atoms with van der Waals surface area (Å²) in [7, 11) is 0. The summed E-state index contributed by atoms with van der Waals surface area (Å²) in [5.41, 5.74) is -0.327. The highest BCUT2D eigenvalue weighted by Crippen LogP contribution is 2.50. The van der Waals surface area contributed by atoms with E-state index in [1.54, 1.807) is 19.1 Å². The van der Waals surface area contributed by atoms with E-state index >= 15 is 0 Å². The highest BCUT2D eigenvalue weighted by Gasteiger charge is 2.56. The lowest BCUT2D eigenvalue weighted by Gasteiger charge is -2.48. The number of fused-ring (bicyclic) bond motifs is 3. The Labute approximate surface area is 184 Å². The Morgan fingerprint density at radius 2 is 1.50 bits per heavy atom. The number of hydrogen-bond acceptors (Lipinski definition) is 7. The van der Waals surface area contributed by atoms with E-state index < -0.39 is 22.9 Å². The van der Waals surface area contributed by atoms with Gasteiger partial charge < -0.3 is 25.0 Å². The van der Waals surface area contributed by atoms with Crippen LogP contribution in [0.2, 0.25) is 0 Å². The number of phenolic OH excluding ortho intramolecular Hbond substituents is 2. The molecule has 3 aliphatic rings. The summed E-state index contributed by atoms with van der Waals surface area (Å²) in [6.07, 6.45) is 0.655. The Kier molecular flexibility index (Phi) is 4.44. The van der Waals surface area contributed by atoms with Crippen LogP contribution >= 0.6 is 0 Å². The standard InChI is InChI=1S/C24H23NO7/c1-12(26)25-24(23(2)31-9-10-32-23)8-7-15-16(11-24)22(30)18-17(21(15)29)19(27)13-5-3-4-6-14(13)20(18)28/h3-6,29-30H,7-11H2,1-2H3,(H,25,26). The number of ether oxygens (including phenoxy) is 2. The first kappa shape index (κ1) is 20.7. The summed E-state index contributed by atoms with van der Waals surface area (Å²) in [6, 6.07) is 6.35. The zero-order valence-electron chi connectivity index (χ0n) is 17.8. The van der Waals surface area contributed by atoms with Gasteiger partial charge in [-0.25, -0.2) is 0 Å². The number of ketones is 2. The Hall–Kier alpha value is -3.23. The van der Waals surface area contributed by atoms with Gasteiger partial charge in [0, 0.05) is 35.6 Å². The molecule has 0 saturated carbocycles. The molecule has 1 unspecified atom stereocenters. The van der Waals surface area contributed by atoms with Gasteiger partial charge in [-0.3, -0.25) is 14.4 Å². The summed E-state index contributed by atoms with van der Waals surface area (Å²) in [4.78, 5) is 38.5. The quantitative estimate of drug-likeness (QED) is 0.524. The van der Waals surface area contributed by atoms with Crippen molar-refractivity contribution in [2.45, 2.75) is 44.4 Å². The van der Waals surface area contributed by atoms with Crippen molar-refractivity contribution in [3.05, 3.63) is 57.6 Å². The summed E-state index contributed by atoms with van der Waals surface area (Å²) >= 11 is 0. The van der Waals surface area contributed by atoms with E-state index in [0.717, 1.165) is 0 Å². The topological polar surface area (TPSA) is 122 Å². The number of hydrogen-bond donors (Lipinski definition) is 3. The van der Waals surface area contributed by atoms with Gasteiger partial charge in [-0.1, -0.05) is 24.3 Å². The van der Waals surface area contributed by atoms with Gasteiger partial charge in [0.1, 0.15) is 11.5 Å². The second-order valence-corrected chi connectivity index (χ2v) is 8.69. The Balaban J connectivity index is 1.70. The predicted octanol–water partition coefficient (Wildman–Crippen LogP) is 2.00. The number of phenols is 2. The highest BCUT2D eigenvalue weighted by molar-refractivity contribution is 6.30. The molecule has 0 radical (unpaired) electrons. The minimum Gasteiger partial charge on any atom is -0.507 e. The highest BCUT2D eigenvalue weighted by atomic mass is 16.7. The van der Waals surface area contributed by atoms with E-state index in [-0.39, 0.29) is 52.5 Å². The molecule has 0 bridgehead atoms. The zero-order valence-corrected chi connectivity index (χ0v) is 17.8. The molecule has 8 heteroatoms. The SMILES string of the molecule is CC(=O)NC1(C2(C)OCCO2)CCc2c(O)c3c(c(O)c2C1)C(=O)c1ccccc1C3=O. The summed E-state index contributed by atoms with van der Waals surface area (Å²) < 4.78 is 11.7. The minimum atomic E-state index is -1.15. The van der Waals surface area contributed by atoms with Gasteiger partial charge in [0.15, 0.2) is 17.4 Å². The molecule has 2 aliphatic carbocycles. The largest absolute Gasteiger partial charge is 0.507 e. The van der Waals surface area contributed by atoms with Crippen molar-refractivity contribution in [2.24, 2.45) is 0 Å². The molecule has 1 aliphatic heterocycles. The fourth-order valence-electron chi connectivity index (χ4n) is 5.34. The number of amides is 1. The van der Waals surface area contributed by atoms with Gasteiger partial charge in [0.05, 0.1) is 29.9 Å². The molecule has 1 fully saturated rings. The Bertz CT molecular complexity index is 1200. The van der Waals surface area contributed by atoms with Crippen LogP contribution in [0.1, 0.15) is 63.2 Å². The molecule has 2 aromatic rings. The number of benzene rings is 2. The molecular weight excluding hydrogens is 414 g/mol. The van der Waals surface area contributed by atoms with Crippen LogP contribution in [-0.4, -0.2) is 52.2 Å². The third-order valence-corrected chi connectivity index (χ3v) is 6.93. The van der Waals surface area contributed by atoms with Crippen molar-refractivity contribution in [1.82, 2.24) is 5.32 Å². The van der Waals surface area contributed by atoms with Crippen molar-refractivity contribution in [3.63, 3.8) is 0 Å². The molecule has 0 spiro atoms. The number of aromatic hydroxyl groups is 2. The average molecular weight is 437 g/mol. The average Bonchev–Trinajstić information content (AvgIpc) is 3.22. The van der Waals surface area contributed by atoms with Crippen LogP contribution in [0.5, 0.6) is 11.5 Å². The lowest BCUT2D eigenvalue weighted by atomic mass is 9.70. The molecular formula is C24H23NO7. The van der Waals surface area contributed by atoms with Crippen LogP contribution in [0.25, 0.3) is 0 Å². The zero-order chi connectivity index (χ0) is 22.8. The summed E-state index contributed by atoms with van der Waals surface area (Å²) in [6.45, 7) is 3.84. The van der Waals surface area contributed by atoms with E-state index in [9.17, 15) is 24.6 Å². The van der Waals surface area contributed by atoms with Gasteiger partial charge in [-0.2, -0.15) is 0 Å². The molecule has 1 heterocycles. The molecule has 3 N–H and O–H groups in total. The van der Waals surface area contributed by atoms with Crippen molar-refractivity contribution in [1.29, 1.82) is 0 Å². The maximum Gasteiger partial charge on any atom is 0.217 e. The molecule has 166 valence electrons. The van der Waals surface area contributed by atoms with Gasteiger partial charge >= 0.3 is 0 Å². The third kappa shape index (κ3) is 2.66. The normalized spacial score (nSPS) is 23.3. The van der Waals surface area contributed by atoms with Crippen LogP contribution in [0, 0.1) is 0 Å². The number of carbonyl (C=O) groups excluding carboxylic acids is 3. The number of carbonyl (C=O) groups is 3. The van der Waals surface area contributed by atoms with Gasteiger partial charge in [0.2, 0.25) is 5.91 Å². The molecule has 1 amide bonds. The second kappa shape index (κ2) is 6.88. The number of rotatable bonds is 2. The molecule has 0 aromatic heterocycles.